The molecule has 7 nitrogen and oxygen atoms in total. The molecule has 0 bridgehead atoms. The van der Waals surface area contributed by atoms with E-state index in [1.807, 2.05) is 0 Å². The molecule has 1 aromatic heterocycles. The van der Waals surface area contributed by atoms with E-state index in [-0.39, 0.29) is 30.4 Å². The van der Waals surface area contributed by atoms with Crippen molar-refractivity contribution in [3.63, 3.8) is 0 Å². The van der Waals surface area contributed by atoms with Crippen LogP contribution in [0.15, 0.2) is 16.3 Å². The molecule has 0 amide bonds. The van der Waals surface area contributed by atoms with E-state index in [1.165, 1.54) is 8.61 Å². The predicted molar refractivity (Wildman–Crippen MR) is 77.4 cm³/mol. The Morgan fingerprint density at radius 1 is 1.10 bits per heavy atom. The zero-order valence-corrected chi connectivity index (χ0v) is 13.5. The highest BCUT2D eigenvalue weighted by molar-refractivity contribution is 7.91. The average molecular weight is 339 g/mol. The highest BCUT2D eigenvalue weighted by atomic mass is 32.2. The van der Waals surface area contributed by atoms with Gasteiger partial charge in [0.05, 0.1) is 6.26 Å². The Morgan fingerprint density at radius 3 is 2.10 bits per heavy atom. The van der Waals surface area contributed by atoms with Gasteiger partial charge in [-0.1, -0.05) is 0 Å². The lowest BCUT2D eigenvalue weighted by molar-refractivity contribution is 0.274. The second-order valence-electron chi connectivity index (χ2n) is 4.49. The van der Waals surface area contributed by atoms with Crippen LogP contribution in [0.3, 0.4) is 0 Å². The molecule has 0 radical (unpaired) electrons. The minimum atomic E-state index is -3.55. The number of nitrogens with two attached hydrogens (primary N) is 1. The lowest BCUT2D eigenvalue weighted by Gasteiger charge is -2.32. The first-order valence-electron chi connectivity index (χ1n) is 5.99. The molecule has 0 aliphatic carbocycles. The van der Waals surface area contributed by atoms with Crippen molar-refractivity contribution in [2.75, 3.05) is 32.4 Å². The van der Waals surface area contributed by atoms with Crippen molar-refractivity contribution in [1.82, 2.24) is 8.61 Å². The molecular formula is C10H17N3O4S3. The van der Waals surface area contributed by atoms with Gasteiger partial charge in [0.15, 0.2) is 0 Å². The van der Waals surface area contributed by atoms with E-state index < -0.39 is 20.0 Å². The summed E-state index contributed by atoms with van der Waals surface area (Å²) in [6, 6.07) is 3.25. The highest BCUT2D eigenvalue weighted by Gasteiger charge is 2.32. The molecule has 20 heavy (non-hydrogen) atoms. The lowest BCUT2D eigenvalue weighted by Crippen LogP contribution is -2.50. The quantitative estimate of drug-likeness (QED) is 0.795. The first-order chi connectivity index (χ1) is 9.25. The molecule has 1 saturated heterocycles. The van der Waals surface area contributed by atoms with Crippen molar-refractivity contribution in [1.29, 1.82) is 0 Å². The topological polar surface area (TPSA) is 101 Å². The Kier molecular flexibility index (Phi) is 4.52. The van der Waals surface area contributed by atoms with Gasteiger partial charge >= 0.3 is 0 Å². The van der Waals surface area contributed by atoms with E-state index in [0.29, 0.717) is 6.54 Å². The van der Waals surface area contributed by atoms with Crippen molar-refractivity contribution in [2.45, 2.75) is 10.8 Å². The van der Waals surface area contributed by atoms with Crippen LogP contribution in [0.4, 0.5) is 0 Å². The number of nitrogens with zero attached hydrogens (tertiary/aromatic N) is 2. The average Bonchev–Trinajstić information content (AvgIpc) is 2.87. The van der Waals surface area contributed by atoms with Gasteiger partial charge in [-0.3, -0.25) is 0 Å². The van der Waals surface area contributed by atoms with Gasteiger partial charge in [0.1, 0.15) is 4.21 Å². The second-order valence-corrected chi connectivity index (χ2v) is 9.81. The van der Waals surface area contributed by atoms with Crippen LogP contribution in [0.5, 0.6) is 0 Å². The van der Waals surface area contributed by atoms with E-state index in [0.717, 1.165) is 22.5 Å². The third-order valence-electron chi connectivity index (χ3n) is 3.10. The number of sulfonamides is 2. The Balaban J connectivity index is 2.13. The molecule has 0 unspecified atom stereocenters. The van der Waals surface area contributed by atoms with Crippen molar-refractivity contribution in [3.8, 4) is 0 Å². The zero-order valence-electron chi connectivity index (χ0n) is 11.0. The SMILES string of the molecule is CS(=O)(=O)N1CCN(S(=O)(=O)c2ccc(CN)s2)CC1. The van der Waals surface area contributed by atoms with Gasteiger partial charge in [-0.2, -0.15) is 8.61 Å². The van der Waals surface area contributed by atoms with E-state index >= 15 is 0 Å². The number of hydrogen-bond donors (Lipinski definition) is 1. The van der Waals surface area contributed by atoms with Gasteiger partial charge < -0.3 is 5.73 Å². The normalized spacial score (nSPS) is 19.3. The first-order valence-corrected chi connectivity index (χ1v) is 10.1. The Bertz CT molecular complexity index is 672. The summed E-state index contributed by atoms with van der Waals surface area (Å²) in [5.41, 5.74) is 5.48. The maximum absolute atomic E-state index is 12.4. The van der Waals surface area contributed by atoms with Crippen LogP contribution in [0.1, 0.15) is 4.88 Å². The van der Waals surface area contributed by atoms with Crippen LogP contribution in [0.25, 0.3) is 0 Å². The maximum Gasteiger partial charge on any atom is 0.252 e. The lowest BCUT2D eigenvalue weighted by atomic mass is 10.4. The van der Waals surface area contributed by atoms with E-state index in [9.17, 15) is 16.8 Å². The largest absolute Gasteiger partial charge is 0.326 e. The zero-order chi connectivity index (χ0) is 15.0. The molecule has 2 rings (SSSR count). The highest BCUT2D eigenvalue weighted by Crippen LogP contribution is 2.25. The molecule has 0 aromatic carbocycles. The molecule has 1 fully saturated rings. The molecule has 2 heterocycles. The molecule has 1 aliphatic heterocycles. The van der Waals surface area contributed by atoms with Crippen molar-refractivity contribution in [2.24, 2.45) is 5.73 Å². The molecule has 0 spiro atoms. The minimum Gasteiger partial charge on any atom is -0.326 e. The van der Waals surface area contributed by atoms with Gasteiger partial charge in [-0.25, -0.2) is 16.8 Å². The van der Waals surface area contributed by atoms with Crippen molar-refractivity contribution >= 4 is 31.4 Å². The molecule has 1 aliphatic rings. The third kappa shape index (κ3) is 3.21. The molecule has 0 atom stereocenters. The summed E-state index contributed by atoms with van der Waals surface area (Å²) >= 11 is 1.15. The van der Waals surface area contributed by atoms with Gasteiger partial charge in [-0.05, 0) is 12.1 Å². The predicted octanol–water partition coefficient (Wildman–Crippen LogP) is -0.527. The summed E-state index contributed by atoms with van der Waals surface area (Å²) < 4.78 is 50.5. The summed E-state index contributed by atoms with van der Waals surface area (Å²) in [6.07, 6.45) is 1.13. The Labute approximate surface area is 123 Å². The third-order valence-corrected chi connectivity index (χ3v) is 7.88. The van der Waals surface area contributed by atoms with E-state index in [4.69, 9.17) is 5.73 Å². The number of rotatable bonds is 4. The van der Waals surface area contributed by atoms with Gasteiger partial charge in [0.25, 0.3) is 10.0 Å². The van der Waals surface area contributed by atoms with E-state index in [2.05, 4.69) is 0 Å². The number of hydrogen-bond acceptors (Lipinski definition) is 6. The fourth-order valence-corrected chi connectivity index (χ4v) is 5.61. The molecule has 10 heteroatoms. The molecule has 2 N–H and O–H groups in total. The van der Waals surface area contributed by atoms with Crippen molar-refractivity contribution < 1.29 is 16.8 Å². The smallest absolute Gasteiger partial charge is 0.252 e. The first kappa shape index (κ1) is 15.9. The van der Waals surface area contributed by atoms with Gasteiger partial charge in [0.2, 0.25) is 10.0 Å². The molecule has 1 aromatic rings. The summed E-state index contributed by atoms with van der Waals surface area (Å²) in [6.45, 7) is 1.03. The number of thiophene rings is 1. The van der Waals surface area contributed by atoms with Crippen LogP contribution in [-0.2, 0) is 26.6 Å². The molecule has 0 saturated carbocycles. The monoisotopic (exact) mass is 339 g/mol. The van der Waals surface area contributed by atoms with Crippen LogP contribution >= 0.6 is 11.3 Å². The van der Waals surface area contributed by atoms with Gasteiger partial charge in [-0.15, -0.1) is 11.3 Å². The maximum atomic E-state index is 12.4. The fraction of sp³-hybridized carbons (Fsp3) is 0.600. The summed E-state index contributed by atoms with van der Waals surface area (Å²) in [5, 5.41) is 0. The van der Waals surface area contributed by atoms with Crippen LogP contribution in [-0.4, -0.2) is 57.9 Å². The fourth-order valence-electron chi connectivity index (χ4n) is 1.98. The number of piperazine rings is 1. The standard InChI is InChI=1S/C10H17N3O4S3/c1-19(14,15)12-4-6-13(7-5-12)20(16,17)10-3-2-9(8-11)18-10/h2-3H,4-8,11H2,1H3. The Morgan fingerprint density at radius 2 is 1.65 bits per heavy atom. The summed E-state index contributed by atoms with van der Waals surface area (Å²) in [4.78, 5) is 0.804. The summed E-state index contributed by atoms with van der Waals surface area (Å²) in [7, 11) is -6.81. The van der Waals surface area contributed by atoms with Crippen LogP contribution in [0.2, 0.25) is 0 Å². The minimum absolute atomic E-state index is 0.172. The van der Waals surface area contributed by atoms with Crippen LogP contribution in [0, 0.1) is 0 Å². The van der Waals surface area contributed by atoms with Gasteiger partial charge in [0, 0.05) is 37.6 Å². The molecule has 114 valence electrons. The van der Waals surface area contributed by atoms with Crippen molar-refractivity contribution in [3.05, 3.63) is 17.0 Å². The summed E-state index contributed by atoms with van der Waals surface area (Å²) in [5.74, 6) is 0. The van der Waals surface area contributed by atoms with E-state index in [1.54, 1.807) is 12.1 Å². The second kappa shape index (κ2) is 5.70. The Hall–Kier alpha value is -0.520. The molecular weight excluding hydrogens is 322 g/mol. The van der Waals surface area contributed by atoms with Crippen LogP contribution < -0.4 is 5.73 Å².